The summed E-state index contributed by atoms with van der Waals surface area (Å²) in [5, 5.41) is 1.74. The van der Waals surface area contributed by atoms with Crippen molar-refractivity contribution >= 4 is 13.2 Å². The number of benzene rings is 1. The van der Waals surface area contributed by atoms with Gasteiger partial charge in [-0.15, -0.1) is 0 Å². The van der Waals surface area contributed by atoms with Crippen LogP contribution in [0.3, 0.4) is 0 Å². The molecule has 0 aromatic heterocycles. The van der Waals surface area contributed by atoms with Gasteiger partial charge in [0.2, 0.25) is 0 Å². The molecule has 0 bridgehead atoms. The van der Waals surface area contributed by atoms with Gasteiger partial charge in [0, 0.05) is 0 Å². The SMILES string of the molecule is CCCCCCCCCCCCCC[C@H]1CP1c1c(C)cc(C)cc1C. The average Bonchev–Trinajstić information content (AvgIpc) is 3.34. The monoisotopic (exact) mass is 374 g/mol. The van der Waals surface area contributed by atoms with Crippen LogP contribution in [0.1, 0.15) is 107 Å². The third-order valence-electron chi connectivity index (χ3n) is 6.03. The van der Waals surface area contributed by atoms with Crippen LogP contribution in [0, 0.1) is 20.8 Å². The largest absolute Gasteiger partial charge is 0.0706 e. The highest BCUT2D eigenvalue weighted by molar-refractivity contribution is 7.73. The van der Waals surface area contributed by atoms with Crippen LogP contribution in [0.2, 0.25) is 0 Å². The average molecular weight is 375 g/mol. The van der Waals surface area contributed by atoms with Crippen molar-refractivity contribution in [1.82, 2.24) is 0 Å². The zero-order valence-electron chi connectivity index (χ0n) is 18.1. The van der Waals surface area contributed by atoms with Crippen molar-refractivity contribution in [3.05, 3.63) is 28.8 Å². The van der Waals surface area contributed by atoms with Crippen molar-refractivity contribution in [3.63, 3.8) is 0 Å². The highest BCUT2D eigenvalue weighted by atomic mass is 31.1. The highest BCUT2D eigenvalue weighted by Gasteiger charge is 2.38. The van der Waals surface area contributed by atoms with Crippen molar-refractivity contribution in [1.29, 1.82) is 0 Å². The fourth-order valence-corrected chi connectivity index (χ4v) is 7.41. The van der Waals surface area contributed by atoms with Crippen molar-refractivity contribution in [2.24, 2.45) is 0 Å². The van der Waals surface area contributed by atoms with Gasteiger partial charge < -0.3 is 0 Å². The van der Waals surface area contributed by atoms with E-state index >= 15 is 0 Å². The Morgan fingerprint density at radius 3 is 1.69 bits per heavy atom. The van der Waals surface area contributed by atoms with Gasteiger partial charge in [0.05, 0.1) is 0 Å². The van der Waals surface area contributed by atoms with Crippen LogP contribution in [-0.4, -0.2) is 11.8 Å². The second-order valence-corrected chi connectivity index (χ2v) is 11.2. The maximum Gasteiger partial charge on any atom is -0.0126 e. The first kappa shape index (κ1) is 21.9. The molecule has 1 aromatic rings. The standard InChI is InChI=1S/C25H43P/c1-5-6-7-8-9-10-11-12-13-14-15-16-17-24-20-26(24)25-22(3)18-21(2)19-23(25)4/h18-19,24H,5-17,20H2,1-4H3/t24-,26?/m0/s1. The number of hydrogen-bond donors (Lipinski definition) is 0. The Morgan fingerprint density at radius 2 is 1.19 bits per heavy atom. The Labute approximate surface area is 165 Å². The lowest BCUT2D eigenvalue weighted by atomic mass is 10.0. The third-order valence-corrected chi connectivity index (χ3v) is 9.00. The van der Waals surface area contributed by atoms with Crippen LogP contribution < -0.4 is 5.30 Å². The van der Waals surface area contributed by atoms with Gasteiger partial charge in [-0.3, -0.25) is 0 Å². The number of unbranched alkanes of at least 4 members (excludes halogenated alkanes) is 11. The molecular formula is C25H43P. The molecule has 0 spiro atoms. The predicted molar refractivity (Wildman–Crippen MR) is 122 cm³/mol. The Kier molecular flexibility index (Phi) is 10.3. The molecule has 0 nitrogen and oxygen atoms in total. The van der Waals surface area contributed by atoms with E-state index < -0.39 is 0 Å². The minimum Gasteiger partial charge on any atom is -0.0706 e. The maximum absolute atomic E-state index is 2.39. The summed E-state index contributed by atoms with van der Waals surface area (Å²) in [7, 11) is 0.198. The molecule has 1 fully saturated rings. The molecule has 1 aromatic carbocycles. The molecule has 26 heavy (non-hydrogen) atoms. The van der Waals surface area contributed by atoms with E-state index in [9.17, 15) is 0 Å². The van der Waals surface area contributed by atoms with Gasteiger partial charge in [-0.2, -0.15) is 0 Å². The van der Waals surface area contributed by atoms with Crippen LogP contribution in [0.5, 0.6) is 0 Å². The van der Waals surface area contributed by atoms with Crippen LogP contribution in [0.4, 0.5) is 0 Å². The molecule has 1 heterocycles. The number of aryl methyl sites for hydroxylation is 3. The summed E-state index contributed by atoms with van der Waals surface area (Å²) >= 11 is 0. The Hall–Kier alpha value is -0.350. The first-order valence-corrected chi connectivity index (χ1v) is 13.1. The van der Waals surface area contributed by atoms with Crippen LogP contribution in [-0.2, 0) is 0 Å². The summed E-state index contributed by atoms with van der Waals surface area (Å²) in [4.78, 5) is 0. The van der Waals surface area contributed by atoms with Crippen LogP contribution in [0.25, 0.3) is 0 Å². The van der Waals surface area contributed by atoms with Gasteiger partial charge in [0.15, 0.2) is 0 Å². The van der Waals surface area contributed by atoms with Gasteiger partial charge in [0.1, 0.15) is 0 Å². The Bertz CT molecular complexity index is 496. The summed E-state index contributed by atoms with van der Waals surface area (Å²) in [5.74, 6) is 0. The van der Waals surface area contributed by atoms with Crippen molar-refractivity contribution < 1.29 is 0 Å². The summed E-state index contributed by atoms with van der Waals surface area (Å²) in [6.45, 7) is 9.19. The minimum absolute atomic E-state index is 0.198. The normalized spacial score (nSPS) is 19.1. The molecule has 1 aliphatic heterocycles. The molecule has 0 N–H and O–H groups in total. The quantitative estimate of drug-likeness (QED) is 0.227. The lowest BCUT2D eigenvalue weighted by Gasteiger charge is -2.11. The van der Waals surface area contributed by atoms with E-state index in [4.69, 9.17) is 0 Å². The van der Waals surface area contributed by atoms with E-state index in [1.165, 1.54) is 95.2 Å². The van der Waals surface area contributed by atoms with Gasteiger partial charge in [-0.05, 0) is 55.4 Å². The van der Waals surface area contributed by atoms with Gasteiger partial charge in [0.25, 0.3) is 0 Å². The number of hydrogen-bond acceptors (Lipinski definition) is 0. The second-order valence-electron chi connectivity index (χ2n) is 8.73. The molecule has 1 aliphatic rings. The van der Waals surface area contributed by atoms with Crippen LogP contribution in [0.15, 0.2) is 12.1 Å². The van der Waals surface area contributed by atoms with E-state index in [-0.39, 0.29) is 7.92 Å². The maximum atomic E-state index is 2.39. The summed E-state index contributed by atoms with van der Waals surface area (Å²) in [6.07, 6.45) is 20.6. The van der Waals surface area contributed by atoms with Gasteiger partial charge >= 0.3 is 0 Å². The van der Waals surface area contributed by atoms with Crippen molar-refractivity contribution in [2.75, 3.05) is 6.16 Å². The molecule has 1 saturated heterocycles. The first-order valence-electron chi connectivity index (χ1n) is 11.5. The highest BCUT2D eigenvalue weighted by Crippen LogP contribution is 2.60. The van der Waals surface area contributed by atoms with Crippen molar-refractivity contribution in [3.8, 4) is 0 Å². The van der Waals surface area contributed by atoms with Gasteiger partial charge in [-0.1, -0.05) is 110 Å². The van der Waals surface area contributed by atoms with E-state index in [0.29, 0.717) is 0 Å². The molecular weight excluding hydrogens is 331 g/mol. The second kappa shape index (κ2) is 12.2. The minimum atomic E-state index is 0.198. The zero-order valence-corrected chi connectivity index (χ0v) is 19.0. The van der Waals surface area contributed by atoms with E-state index in [1.807, 2.05) is 0 Å². The summed E-state index contributed by atoms with van der Waals surface area (Å²) in [6, 6.07) is 4.79. The molecule has 0 amide bonds. The lowest BCUT2D eigenvalue weighted by molar-refractivity contribution is 0.541. The topological polar surface area (TPSA) is 0 Å². The molecule has 1 heteroatoms. The molecule has 0 aliphatic carbocycles. The molecule has 0 radical (unpaired) electrons. The van der Waals surface area contributed by atoms with E-state index in [1.54, 1.807) is 16.4 Å². The van der Waals surface area contributed by atoms with Crippen molar-refractivity contribution in [2.45, 2.75) is 117 Å². The van der Waals surface area contributed by atoms with E-state index in [0.717, 1.165) is 5.66 Å². The van der Waals surface area contributed by atoms with E-state index in [2.05, 4.69) is 39.8 Å². The third kappa shape index (κ3) is 7.72. The summed E-state index contributed by atoms with van der Waals surface area (Å²) in [5.41, 5.74) is 5.60. The first-order chi connectivity index (χ1) is 12.6. The molecule has 2 rings (SSSR count). The Balaban J connectivity index is 1.46. The lowest BCUT2D eigenvalue weighted by Crippen LogP contribution is -2.07. The fraction of sp³-hybridized carbons (Fsp3) is 0.760. The number of rotatable bonds is 14. The molecule has 2 atom stereocenters. The summed E-state index contributed by atoms with van der Waals surface area (Å²) < 4.78 is 0. The Morgan fingerprint density at radius 1 is 0.731 bits per heavy atom. The smallest absolute Gasteiger partial charge is 0.0126 e. The molecule has 0 saturated carbocycles. The molecule has 1 unspecified atom stereocenters. The molecule has 148 valence electrons. The predicted octanol–water partition coefficient (Wildman–Crippen LogP) is 8.19. The zero-order chi connectivity index (χ0) is 18.8. The fourth-order valence-electron chi connectivity index (χ4n) is 4.55. The van der Waals surface area contributed by atoms with Crippen LogP contribution >= 0.6 is 7.92 Å². The van der Waals surface area contributed by atoms with Gasteiger partial charge in [-0.25, -0.2) is 0 Å².